The summed E-state index contributed by atoms with van der Waals surface area (Å²) >= 11 is 0. The number of nitrogens with two attached hydrogens (primary N) is 1. The van der Waals surface area contributed by atoms with E-state index in [9.17, 15) is 9.59 Å². The number of benzene rings is 1. The molecule has 0 unspecified atom stereocenters. The summed E-state index contributed by atoms with van der Waals surface area (Å²) in [6.07, 6.45) is -0.0320. The highest BCUT2D eigenvalue weighted by atomic mass is 16.4. The number of carbonyl (C=O) groups excluding carboxylic acids is 1. The second kappa shape index (κ2) is 5.84. The van der Waals surface area contributed by atoms with E-state index in [1.165, 1.54) is 0 Å². The van der Waals surface area contributed by atoms with E-state index in [0.717, 1.165) is 0 Å². The van der Waals surface area contributed by atoms with E-state index in [-0.39, 0.29) is 17.7 Å². The molecule has 1 aromatic carbocycles. The lowest BCUT2D eigenvalue weighted by molar-refractivity contribution is -0.136. The largest absolute Gasteiger partial charge is 0.481 e. The lowest BCUT2D eigenvalue weighted by Gasteiger charge is -2.25. The van der Waals surface area contributed by atoms with Crippen LogP contribution >= 0.6 is 0 Å². The van der Waals surface area contributed by atoms with Crippen LogP contribution in [0, 0.1) is 5.41 Å². The molecule has 5 nitrogen and oxygen atoms in total. The van der Waals surface area contributed by atoms with E-state index in [2.05, 4.69) is 5.32 Å². The molecule has 19 heavy (non-hydrogen) atoms. The van der Waals surface area contributed by atoms with Crippen LogP contribution in [0.5, 0.6) is 0 Å². The monoisotopic (exact) mass is 264 g/mol. The molecule has 0 aromatic heterocycles. The molecule has 0 aliphatic rings. The Kier molecular flexibility index (Phi) is 4.67. The minimum atomic E-state index is -0.883. The molecule has 1 amide bonds. The normalized spacial score (nSPS) is 12.8. The molecule has 4 N–H and O–H groups in total. The lowest BCUT2D eigenvalue weighted by Crippen LogP contribution is -2.45. The minimum absolute atomic E-state index is 0.0320. The zero-order valence-electron chi connectivity index (χ0n) is 11.4. The Hall–Kier alpha value is -1.88. The number of rotatable bonds is 4. The average Bonchev–Trinajstić information content (AvgIpc) is 2.28. The molecule has 104 valence electrons. The fraction of sp³-hybridized carbons (Fsp3) is 0.429. The van der Waals surface area contributed by atoms with Crippen molar-refractivity contribution in [2.75, 3.05) is 5.32 Å². The van der Waals surface area contributed by atoms with E-state index >= 15 is 0 Å². The Morgan fingerprint density at radius 1 is 1.26 bits per heavy atom. The number of carboxylic acids is 1. The maximum Gasteiger partial charge on any atom is 0.307 e. The van der Waals surface area contributed by atoms with Crippen LogP contribution in [0.2, 0.25) is 0 Å². The summed E-state index contributed by atoms with van der Waals surface area (Å²) in [5.41, 5.74) is 6.83. The fourth-order valence-electron chi connectivity index (χ4n) is 1.49. The van der Waals surface area contributed by atoms with Gasteiger partial charge in [-0.3, -0.25) is 9.59 Å². The molecule has 0 bridgehead atoms. The molecule has 0 spiro atoms. The molecule has 1 atom stereocenters. The third kappa shape index (κ3) is 4.71. The molecule has 5 heteroatoms. The first kappa shape index (κ1) is 15.2. The highest BCUT2D eigenvalue weighted by molar-refractivity contribution is 5.95. The van der Waals surface area contributed by atoms with Crippen molar-refractivity contribution in [3.05, 3.63) is 29.8 Å². The SMILES string of the molecule is CC(C)(C)[C@H](N)C(=O)Nc1ccc(CC(=O)O)cc1. The second-order valence-corrected chi connectivity index (χ2v) is 5.60. The zero-order chi connectivity index (χ0) is 14.6. The molecule has 1 aromatic rings. The van der Waals surface area contributed by atoms with Crippen LogP contribution < -0.4 is 11.1 Å². The summed E-state index contributed by atoms with van der Waals surface area (Å²) in [6, 6.07) is 6.08. The Bertz CT molecular complexity index is 461. The number of carbonyl (C=O) groups is 2. The van der Waals surface area contributed by atoms with Gasteiger partial charge >= 0.3 is 5.97 Å². The first-order chi connectivity index (χ1) is 8.70. The molecule has 0 heterocycles. The zero-order valence-corrected chi connectivity index (χ0v) is 11.4. The van der Waals surface area contributed by atoms with Crippen molar-refractivity contribution in [1.82, 2.24) is 0 Å². The quantitative estimate of drug-likeness (QED) is 0.770. The van der Waals surface area contributed by atoms with E-state index < -0.39 is 12.0 Å². The van der Waals surface area contributed by atoms with Crippen molar-refractivity contribution in [2.45, 2.75) is 33.2 Å². The maximum atomic E-state index is 11.9. The van der Waals surface area contributed by atoms with Crippen molar-refractivity contribution in [3.63, 3.8) is 0 Å². The van der Waals surface area contributed by atoms with Gasteiger partial charge in [-0.2, -0.15) is 0 Å². The second-order valence-electron chi connectivity index (χ2n) is 5.60. The molecule has 0 saturated carbocycles. The van der Waals surface area contributed by atoms with Crippen LogP contribution in [0.15, 0.2) is 24.3 Å². The van der Waals surface area contributed by atoms with E-state index in [4.69, 9.17) is 10.8 Å². The molecule has 1 rings (SSSR count). The van der Waals surface area contributed by atoms with Gasteiger partial charge in [-0.05, 0) is 23.1 Å². The van der Waals surface area contributed by atoms with Gasteiger partial charge in [0.1, 0.15) is 0 Å². The molecular weight excluding hydrogens is 244 g/mol. The number of carboxylic acid groups (broad SMARTS) is 1. The average molecular weight is 264 g/mol. The fourth-order valence-corrected chi connectivity index (χ4v) is 1.49. The van der Waals surface area contributed by atoms with Crippen LogP contribution in [0.1, 0.15) is 26.3 Å². The Morgan fingerprint density at radius 2 is 1.79 bits per heavy atom. The highest BCUT2D eigenvalue weighted by Gasteiger charge is 2.27. The van der Waals surface area contributed by atoms with Crippen molar-refractivity contribution >= 4 is 17.6 Å². The van der Waals surface area contributed by atoms with Crippen molar-refractivity contribution in [2.24, 2.45) is 11.1 Å². The Morgan fingerprint density at radius 3 is 2.21 bits per heavy atom. The summed E-state index contributed by atoms with van der Waals surface area (Å²) in [5, 5.41) is 11.4. The molecule has 0 radical (unpaired) electrons. The Balaban J connectivity index is 2.68. The number of anilines is 1. The summed E-state index contributed by atoms with van der Waals surface area (Å²) in [6.45, 7) is 5.69. The van der Waals surface area contributed by atoms with Crippen molar-refractivity contribution < 1.29 is 14.7 Å². The first-order valence-corrected chi connectivity index (χ1v) is 6.07. The van der Waals surface area contributed by atoms with Crippen LogP contribution in [-0.4, -0.2) is 23.0 Å². The summed E-state index contributed by atoms with van der Waals surface area (Å²) < 4.78 is 0. The topological polar surface area (TPSA) is 92.4 Å². The van der Waals surface area contributed by atoms with Gasteiger partial charge in [-0.25, -0.2) is 0 Å². The van der Waals surface area contributed by atoms with E-state index in [1.807, 2.05) is 20.8 Å². The van der Waals surface area contributed by atoms with Gasteiger partial charge in [-0.1, -0.05) is 32.9 Å². The van der Waals surface area contributed by atoms with Gasteiger partial charge in [0.05, 0.1) is 12.5 Å². The standard InChI is InChI=1S/C14H20N2O3/c1-14(2,3)12(15)13(19)16-10-6-4-9(5-7-10)8-11(17)18/h4-7,12H,8,15H2,1-3H3,(H,16,19)(H,17,18)/t12-/m1/s1. The summed E-state index contributed by atoms with van der Waals surface area (Å²) in [7, 11) is 0. The third-order valence-corrected chi connectivity index (χ3v) is 2.79. The van der Waals surface area contributed by atoms with Crippen LogP contribution in [0.4, 0.5) is 5.69 Å². The number of nitrogens with one attached hydrogen (secondary N) is 1. The first-order valence-electron chi connectivity index (χ1n) is 6.07. The molecule has 0 fully saturated rings. The van der Waals surface area contributed by atoms with Gasteiger partial charge in [0, 0.05) is 5.69 Å². The number of hydrogen-bond acceptors (Lipinski definition) is 3. The van der Waals surface area contributed by atoms with Gasteiger partial charge in [0.25, 0.3) is 0 Å². The number of aliphatic carboxylic acids is 1. The van der Waals surface area contributed by atoms with Crippen molar-refractivity contribution in [1.29, 1.82) is 0 Å². The smallest absolute Gasteiger partial charge is 0.307 e. The van der Waals surface area contributed by atoms with Crippen LogP contribution in [-0.2, 0) is 16.0 Å². The van der Waals surface area contributed by atoms with E-state index in [1.54, 1.807) is 24.3 Å². The number of amides is 1. The predicted octanol–water partition coefficient (Wildman–Crippen LogP) is 1.63. The maximum absolute atomic E-state index is 11.9. The van der Waals surface area contributed by atoms with E-state index in [0.29, 0.717) is 11.3 Å². The third-order valence-electron chi connectivity index (χ3n) is 2.79. The minimum Gasteiger partial charge on any atom is -0.481 e. The Labute approximate surface area is 112 Å². The van der Waals surface area contributed by atoms with Crippen LogP contribution in [0.25, 0.3) is 0 Å². The molecule has 0 saturated heterocycles. The van der Waals surface area contributed by atoms with Gasteiger partial charge < -0.3 is 16.2 Å². The van der Waals surface area contributed by atoms with Gasteiger partial charge in [-0.15, -0.1) is 0 Å². The molecule has 0 aliphatic heterocycles. The number of hydrogen-bond donors (Lipinski definition) is 3. The van der Waals surface area contributed by atoms with Gasteiger partial charge in [0.15, 0.2) is 0 Å². The molecular formula is C14H20N2O3. The molecule has 0 aliphatic carbocycles. The summed E-state index contributed by atoms with van der Waals surface area (Å²) in [5.74, 6) is -1.13. The lowest BCUT2D eigenvalue weighted by atomic mass is 9.87. The highest BCUT2D eigenvalue weighted by Crippen LogP contribution is 2.19. The van der Waals surface area contributed by atoms with Crippen molar-refractivity contribution in [3.8, 4) is 0 Å². The van der Waals surface area contributed by atoms with Crippen LogP contribution in [0.3, 0.4) is 0 Å². The summed E-state index contributed by atoms with van der Waals surface area (Å²) in [4.78, 5) is 22.4. The van der Waals surface area contributed by atoms with Gasteiger partial charge in [0.2, 0.25) is 5.91 Å². The predicted molar refractivity (Wildman–Crippen MR) is 73.8 cm³/mol.